The van der Waals surface area contributed by atoms with Crippen LogP contribution in [-0.4, -0.2) is 46.9 Å². The second kappa shape index (κ2) is 53.8. The minimum Gasteiger partial charge on any atom is -0.462 e. The summed E-state index contributed by atoms with van der Waals surface area (Å²) in [4.78, 5) is 26.3. The zero-order valence-electron chi connectivity index (χ0n) is 44.1. The maximum absolute atomic E-state index is 13.3. The van der Waals surface area contributed by atoms with Gasteiger partial charge in [-0.2, -0.15) is 0 Å². The maximum atomic E-state index is 13.3. The highest BCUT2D eigenvalue weighted by atomic mass is 16.5. The van der Waals surface area contributed by atoms with Gasteiger partial charge < -0.3 is 20.3 Å². The van der Waals surface area contributed by atoms with Gasteiger partial charge in [-0.3, -0.25) is 9.59 Å². The Morgan fingerprint density at radius 2 is 0.833 bits per heavy atom. The van der Waals surface area contributed by atoms with E-state index in [2.05, 4.69) is 74.7 Å². The molecule has 66 heavy (non-hydrogen) atoms. The molecule has 0 aliphatic rings. The third kappa shape index (κ3) is 48.3. The van der Waals surface area contributed by atoms with Gasteiger partial charge in [0.05, 0.1) is 25.2 Å². The van der Waals surface area contributed by atoms with Crippen molar-refractivity contribution in [1.29, 1.82) is 0 Å². The highest BCUT2D eigenvalue weighted by molar-refractivity contribution is 5.77. The van der Waals surface area contributed by atoms with Gasteiger partial charge in [0.1, 0.15) is 6.10 Å². The average molecular weight is 927 g/mol. The summed E-state index contributed by atoms with van der Waals surface area (Å²) in [5.41, 5.74) is 0. The number of nitrogens with one attached hydrogen (secondary N) is 1. The molecule has 0 aliphatic heterocycles. The third-order valence-corrected chi connectivity index (χ3v) is 13.2. The highest BCUT2D eigenvalue weighted by Gasteiger charge is 2.24. The molecule has 0 heterocycles. The van der Waals surface area contributed by atoms with Gasteiger partial charge in [0.25, 0.3) is 0 Å². The van der Waals surface area contributed by atoms with E-state index in [0.29, 0.717) is 19.3 Å². The van der Waals surface area contributed by atoms with Crippen molar-refractivity contribution in [3.63, 3.8) is 0 Å². The molecule has 0 aromatic heterocycles. The number of aliphatic hydroxyl groups is 2. The van der Waals surface area contributed by atoms with Gasteiger partial charge in [-0.25, -0.2) is 0 Å². The molecule has 6 nitrogen and oxygen atoms in total. The molecule has 0 saturated carbocycles. The molecular weight excluding hydrogens is 815 g/mol. The Kier molecular flexibility index (Phi) is 52.0. The van der Waals surface area contributed by atoms with Crippen LogP contribution in [0, 0.1) is 0 Å². The predicted octanol–water partition coefficient (Wildman–Crippen LogP) is 17.8. The van der Waals surface area contributed by atoms with E-state index < -0.39 is 18.2 Å². The first kappa shape index (κ1) is 63.8. The fraction of sp³-hybridized carbons (Fsp3) is 0.833. The van der Waals surface area contributed by atoms with E-state index in [0.717, 1.165) is 77.0 Å². The number of aliphatic hydroxyl groups excluding tert-OH is 2. The van der Waals surface area contributed by atoms with Gasteiger partial charge in [0, 0.05) is 6.42 Å². The fourth-order valence-electron chi connectivity index (χ4n) is 8.84. The van der Waals surface area contributed by atoms with Crippen molar-refractivity contribution in [3.8, 4) is 0 Å². The summed E-state index contributed by atoms with van der Waals surface area (Å²) in [5.74, 6) is -0.492. The van der Waals surface area contributed by atoms with Crippen LogP contribution in [0.3, 0.4) is 0 Å². The number of amides is 1. The molecular formula is C60H111NO5. The Bertz CT molecular complexity index is 1130. The van der Waals surface area contributed by atoms with Crippen LogP contribution in [0.15, 0.2) is 48.6 Å². The van der Waals surface area contributed by atoms with E-state index in [4.69, 9.17) is 4.74 Å². The Balaban J connectivity index is 4.57. The van der Waals surface area contributed by atoms with Crippen molar-refractivity contribution in [1.82, 2.24) is 5.32 Å². The van der Waals surface area contributed by atoms with E-state index in [1.54, 1.807) is 0 Å². The zero-order chi connectivity index (χ0) is 48.1. The van der Waals surface area contributed by atoms with Gasteiger partial charge in [0.2, 0.25) is 5.91 Å². The summed E-state index contributed by atoms with van der Waals surface area (Å²) in [6.45, 7) is 6.38. The number of esters is 1. The molecule has 0 aromatic rings. The average Bonchev–Trinajstić information content (AvgIpc) is 3.31. The van der Waals surface area contributed by atoms with Crippen LogP contribution in [0.5, 0.6) is 0 Å². The predicted molar refractivity (Wildman–Crippen MR) is 287 cm³/mol. The van der Waals surface area contributed by atoms with Crippen LogP contribution in [0.1, 0.15) is 297 Å². The largest absolute Gasteiger partial charge is 0.462 e. The molecule has 0 rings (SSSR count). The molecule has 0 radical (unpaired) electrons. The van der Waals surface area contributed by atoms with Crippen LogP contribution >= 0.6 is 0 Å². The molecule has 0 aromatic carbocycles. The highest BCUT2D eigenvalue weighted by Crippen LogP contribution is 2.18. The number of ether oxygens (including phenoxy) is 1. The normalized spacial score (nSPS) is 13.5. The quantitative estimate of drug-likeness (QED) is 0.0244. The molecule has 3 unspecified atom stereocenters. The Morgan fingerprint density at radius 3 is 1.29 bits per heavy atom. The van der Waals surface area contributed by atoms with E-state index >= 15 is 0 Å². The fourth-order valence-corrected chi connectivity index (χ4v) is 8.84. The van der Waals surface area contributed by atoms with Crippen molar-refractivity contribution in [2.45, 2.75) is 315 Å². The first-order valence-electron chi connectivity index (χ1n) is 28.9. The molecule has 3 N–H and O–H groups in total. The van der Waals surface area contributed by atoms with Crippen LogP contribution in [0.2, 0.25) is 0 Å². The van der Waals surface area contributed by atoms with E-state index in [1.807, 2.05) is 0 Å². The van der Waals surface area contributed by atoms with Crippen molar-refractivity contribution in [2.24, 2.45) is 0 Å². The minimum atomic E-state index is -0.794. The van der Waals surface area contributed by atoms with Crippen molar-refractivity contribution >= 4 is 11.9 Å². The lowest BCUT2D eigenvalue weighted by Gasteiger charge is -2.24. The number of unbranched alkanes of at least 4 members (excludes halogenated alkanes) is 34. The molecule has 0 spiro atoms. The molecule has 0 bridgehead atoms. The van der Waals surface area contributed by atoms with Gasteiger partial charge in [0.15, 0.2) is 0 Å². The summed E-state index contributed by atoms with van der Waals surface area (Å²) in [5, 5.41) is 23.9. The van der Waals surface area contributed by atoms with E-state index in [-0.39, 0.29) is 24.9 Å². The number of allylic oxidation sites excluding steroid dienone is 8. The summed E-state index contributed by atoms with van der Waals surface area (Å²) in [7, 11) is 0. The molecule has 0 saturated heterocycles. The second-order valence-corrected chi connectivity index (χ2v) is 19.7. The first-order chi connectivity index (χ1) is 32.5. The van der Waals surface area contributed by atoms with Crippen molar-refractivity contribution in [2.75, 3.05) is 6.61 Å². The summed E-state index contributed by atoms with van der Waals surface area (Å²) < 4.78 is 5.95. The maximum Gasteiger partial charge on any atom is 0.306 e. The summed E-state index contributed by atoms with van der Waals surface area (Å²) in [6, 6.07) is -0.709. The second-order valence-electron chi connectivity index (χ2n) is 19.7. The van der Waals surface area contributed by atoms with Crippen LogP contribution in [-0.2, 0) is 14.3 Å². The van der Waals surface area contributed by atoms with Gasteiger partial charge in [-0.15, -0.1) is 0 Å². The van der Waals surface area contributed by atoms with Crippen LogP contribution < -0.4 is 5.32 Å². The zero-order valence-corrected chi connectivity index (χ0v) is 44.1. The number of carbonyl (C=O) groups excluding carboxylic acids is 2. The molecule has 6 heteroatoms. The van der Waals surface area contributed by atoms with E-state index in [9.17, 15) is 19.8 Å². The lowest BCUT2D eigenvalue weighted by Crippen LogP contribution is -2.46. The monoisotopic (exact) mass is 926 g/mol. The number of hydrogen-bond acceptors (Lipinski definition) is 5. The smallest absolute Gasteiger partial charge is 0.306 e. The number of rotatable bonds is 52. The third-order valence-electron chi connectivity index (χ3n) is 13.2. The van der Waals surface area contributed by atoms with Crippen LogP contribution in [0.25, 0.3) is 0 Å². The lowest BCUT2D eigenvalue weighted by molar-refractivity contribution is -0.151. The van der Waals surface area contributed by atoms with Crippen molar-refractivity contribution in [3.05, 3.63) is 48.6 Å². The van der Waals surface area contributed by atoms with Crippen molar-refractivity contribution < 1.29 is 24.5 Å². The SMILES string of the molecule is CC/C=C/C=C/C=C/CCCCCCCCCC(=O)OC(CCCCC/C=C/CCCCCCCCCCC)CC(=O)NC(CO)C(O)CCCCCCCCCCCCCCCCCC. The molecule has 0 aliphatic carbocycles. The Labute approximate surface area is 410 Å². The molecule has 1 amide bonds. The standard InChI is InChI=1S/C60H111NO5/c1-4-7-10-13-16-19-22-25-28-31-33-36-39-42-45-48-51-56(66-60(65)53-50-47-44-41-38-35-30-27-24-21-18-15-12-9-6-3)54-59(64)61-57(55-62)58(63)52-49-46-43-40-37-34-32-29-26-23-20-17-14-11-8-5-2/h9,12,15,18,21,24,33,36,56-58,62-63H,4-8,10-11,13-14,16-17,19-20,22-23,25-32,34-35,37-55H2,1-3H3,(H,61,64)/b12-9+,18-15+,24-21+,36-33+. The van der Waals surface area contributed by atoms with Gasteiger partial charge in [-0.1, -0.05) is 262 Å². The lowest BCUT2D eigenvalue weighted by atomic mass is 10.0. The Morgan fingerprint density at radius 1 is 0.455 bits per heavy atom. The molecule has 3 atom stereocenters. The number of carbonyl (C=O) groups is 2. The van der Waals surface area contributed by atoms with Gasteiger partial charge >= 0.3 is 5.97 Å². The Hall–Kier alpha value is -2.18. The summed E-state index contributed by atoms with van der Waals surface area (Å²) >= 11 is 0. The van der Waals surface area contributed by atoms with Crippen LogP contribution in [0.4, 0.5) is 0 Å². The topological polar surface area (TPSA) is 95.9 Å². The van der Waals surface area contributed by atoms with Gasteiger partial charge in [-0.05, 0) is 70.6 Å². The molecule has 0 fully saturated rings. The molecule has 386 valence electrons. The summed E-state index contributed by atoms with van der Waals surface area (Å²) in [6.07, 6.45) is 66.0. The minimum absolute atomic E-state index is 0.0635. The van der Waals surface area contributed by atoms with E-state index in [1.165, 1.54) is 173 Å². The first-order valence-corrected chi connectivity index (χ1v) is 28.9. The number of hydrogen-bond donors (Lipinski definition) is 3.